The molecule has 1 heterocycles. The normalized spacial score (nSPS) is 11.9. The Hall–Kier alpha value is -0.640. The Morgan fingerprint density at radius 1 is 1.70 bits per heavy atom. The maximum absolute atomic E-state index is 10.5. The molecule has 0 radical (unpaired) electrons. The highest BCUT2D eigenvalue weighted by Crippen LogP contribution is 2.37. The highest BCUT2D eigenvalue weighted by molar-refractivity contribution is 7.50. The lowest BCUT2D eigenvalue weighted by Gasteiger charge is -2.04. The molecule has 0 aliphatic carbocycles. The summed E-state index contributed by atoms with van der Waals surface area (Å²) in [6.07, 6.45) is 2.59. The van der Waals surface area contributed by atoms with Crippen LogP contribution in [0.4, 0.5) is 0 Å². The van der Waals surface area contributed by atoms with E-state index in [1.54, 1.807) is 0 Å². The molecular formula is C4H7N2O3P. The van der Waals surface area contributed by atoms with Crippen LogP contribution >= 0.6 is 7.75 Å². The molecule has 1 aromatic heterocycles. The lowest BCUT2D eigenvalue weighted by atomic mass is 10.8. The van der Waals surface area contributed by atoms with Crippen LogP contribution in [0.3, 0.4) is 0 Å². The lowest BCUT2D eigenvalue weighted by molar-refractivity contribution is 0.360. The van der Waals surface area contributed by atoms with Gasteiger partial charge in [-0.3, -0.25) is 0 Å². The van der Waals surface area contributed by atoms with Crippen LogP contribution in [0.15, 0.2) is 12.4 Å². The van der Waals surface area contributed by atoms with E-state index in [9.17, 15) is 4.57 Å². The van der Waals surface area contributed by atoms with Gasteiger partial charge in [0.2, 0.25) is 0 Å². The van der Waals surface area contributed by atoms with Gasteiger partial charge in [-0.25, -0.2) is 13.9 Å². The largest absolute Gasteiger partial charge is 0.435 e. The molecule has 0 aromatic carbocycles. The average molecular weight is 162 g/mol. The molecule has 2 N–H and O–H groups in total. The second kappa shape index (κ2) is 2.20. The van der Waals surface area contributed by atoms with Crippen molar-refractivity contribution in [2.75, 3.05) is 0 Å². The van der Waals surface area contributed by atoms with Gasteiger partial charge in [-0.05, 0) is 6.92 Å². The fourth-order valence-corrected chi connectivity index (χ4v) is 1.31. The van der Waals surface area contributed by atoms with Gasteiger partial charge in [0.1, 0.15) is 5.82 Å². The molecular weight excluding hydrogens is 155 g/mol. The van der Waals surface area contributed by atoms with E-state index in [1.165, 1.54) is 19.3 Å². The summed E-state index contributed by atoms with van der Waals surface area (Å²) in [5.74, 6) is 0.313. The van der Waals surface area contributed by atoms with E-state index in [1.807, 2.05) is 0 Å². The third-order valence-electron chi connectivity index (χ3n) is 1.08. The van der Waals surface area contributed by atoms with Gasteiger partial charge in [0, 0.05) is 12.4 Å². The van der Waals surface area contributed by atoms with Gasteiger partial charge in [-0.15, -0.1) is 0 Å². The van der Waals surface area contributed by atoms with Crippen LogP contribution < -0.4 is 0 Å². The highest BCUT2D eigenvalue weighted by atomic mass is 31.2. The number of nitrogens with zero attached hydrogens (tertiary/aromatic N) is 2. The summed E-state index contributed by atoms with van der Waals surface area (Å²) < 4.78 is 11.4. The quantitative estimate of drug-likeness (QED) is 0.575. The predicted octanol–water partition coefficient (Wildman–Crippen LogP) is 0.132. The molecule has 1 aromatic rings. The van der Waals surface area contributed by atoms with Crippen molar-refractivity contribution in [3.63, 3.8) is 0 Å². The molecule has 6 heteroatoms. The summed E-state index contributed by atoms with van der Waals surface area (Å²) in [4.78, 5) is 20.8. The third kappa shape index (κ3) is 1.26. The van der Waals surface area contributed by atoms with Crippen molar-refractivity contribution in [1.29, 1.82) is 0 Å². The van der Waals surface area contributed by atoms with Crippen LogP contribution in [0.25, 0.3) is 0 Å². The molecule has 0 aliphatic heterocycles. The second-order valence-electron chi connectivity index (χ2n) is 1.83. The Bertz CT molecular complexity index is 276. The minimum absolute atomic E-state index is 0.313. The molecule has 0 fully saturated rings. The van der Waals surface area contributed by atoms with Crippen molar-refractivity contribution in [2.45, 2.75) is 6.92 Å². The number of aromatic nitrogens is 2. The number of hydrogen-bond donors (Lipinski definition) is 2. The summed E-state index contributed by atoms with van der Waals surface area (Å²) in [6.45, 7) is 1.53. The van der Waals surface area contributed by atoms with E-state index in [0.717, 1.165) is 4.34 Å². The maximum Gasteiger partial charge on any atom is 0.435 e. The van der Waals surface area contributed by atoms with Gasteiger partial charge < -0.3 is 9.79 Å². The third-order valence-corrected chi connectivity index (χ3v) is 2.07. The van der Waals surface area contributed by atoms with Crippen molar-refractivity contribution in [2.24, 2.45) is 0 Å². The summed E-state index contributed by atoms with van der Waals surface area (Å²) in [5, 5.41) is 0. The Kier molecular flexibility index (Phi) is 1.64. The Morgan fingerprint density at radius 3 is 2.50 bits per heavy atom. The van der Waals surface area contributed by atoms with E-state index in [2.05, 4.69) is 4.98 Å². The molecule has 0 spiro atoms. The molecule has 0 aliphatic rings. The van der Waals surface area contributed by atoms with Gasteiger partial charge in [-0.1, -0.05) is 0 Å². The molecule has 5 nitrogen and oxygen atoms in total. The van der Waals surface area contributed by atoms with Crippen LogP contribution in [-0.2, 0) is 4.57 Å². The topological polar surface area (TPSA) is 75.4 Å². The van der Waals surface area contributed by atoms with Crippen LogP contribution in [0.5, 0.6) is 0 Å². The molecule has 0 amide bonds. The molecule has 0 saturated carbocycles. The van der Waals surface area contributed by atoms with E-state index in [4.69, 9.17) is 9.79 Å². The standard InChI is InChI=1S/C4H7N2O3P/c1-4-5-2-3-6(4)10(7,8)9/h2-3H,1H3,(H2,7,8,9). The zero-order chi connectivity index (χ0) is 7.78. The number of rotatable bonds is 1. The van der Waals surface area contributed by atoms with E-state index >= 15 is 0 Å². The van der Waals surface area contributed by atoms with Crippen LogP contribution in [0.2, 0.25) is 0 Å². The van der Waals surface area contributed by atoms with Gasteiger partial charge in [0.15, 0.2) is 0 Å². The molecule has 56 valence electrons. The minimum atomic E-state index is -4.15. The van der Waals surface area contributed by atoms with Gasteiger partial charge >= 0.3 is 7.75 Å². The van der Waals surface area contributed by atoms with Gasteiger partial charge in [-0.2, -0.15) is 0 Å². The SMILES string of the molecule is Cc1nccn1P(=O)(O)O. The number of imidazole rings is 1. The average Bonchev–Trinajstić information content (AvgIpc) is 2.11. The molecule has 0 atom stereocenters. The molecule has 0 bridgehead atoms. The number of hydrogen-bond acceptors (Lipinski definition) is 2. The lowest BCUT2D eigenvalue weighted by Crippen LogP contribution is -1.95. The van der Waals surface area contributed by atoms with Crippen LogP contribution in [0, 0.1) is 6.92 Å². The first-order valence-electron chi connectivity index (χ1n) is 2.58. The van der Waals surface area contributed by atoms with Gasteiger partial charge in [0.25, 0.3) is 0 Å². The zero-order valence-electron chi connectivity index (χ0n) is 5.30. The summed E-state index contributed by atoms with van der Waals surface area (Å²) >= 11 is 0. The summed E-state index contributed by atoms with van der Waals surface area (Å²) in [6, 6.07) is 0. The monoisotopic (exact) mass is 162 g/mol. The smallest absolute Gasteiger partial charge is 0.308 e. The molecule has 0 saturated heterocycles. The summed E-state index contributed by atoms with van der Waals surface area (Å²) in [5.41, 5.74) is 0. The maximum atomic E-state index is 10.5. The fourth-order valence-electron chi connectivity index (χ4n) is 0.647. The van der Waals surface area contributed by atoms with E-state index in [0.29, 0.717) is 5.82 Å². The Balaban J connectivity index is 3.18. The molecule has 1 rings (SSSR count). The highest BCUT2D eigenvalue weighted by Gasteiger charge is 2.16. The first-order chi connectivity index (χ1) is 4.52. The zero-order valence-corrected chi connectivity index (χ0v) is 6.19. The van der Waals surface area contributed by atoms with Crippen LogP contribution in [-0.4, -0.2) is 19.1 Å². The van der Waals surface area contributed by atoms with Gasteiger partial charge in [0.05, 0.1) is 0 Å². The van der Waals surface area contributed by atoms with E-state index in [-0.39, 0.29) is 0 Å². The van der Waals surface area contributed by atoms with Crippen molar-refractivity contribution in [3.05, 3.63) is 18.2 Å². The first-order valence-corrected chi connectivity index (χ1v) is 4.14. The van der Waals surface area contributed by atoms with Crippen molar-refractivity contribution in [1.82, 2.24) is 9.32 Å². The Labute approximate surface area is 57.5 Å². The first kappa shape index (κ1) is 7.47. The summed E-state index contributed by atoms with van der Waals surface area (Å²) in [7, 11) is -4.15. The van der Waals surface area contributed by atoms with Crippen LogP contribution in [0.1, 0.15) is 5.82 Å². The minimum Gasteiger partial charge on any atom is -0.308 e. The molecule has 10 heavy (non-hydrogen) atoms. The predicted molar refractivity (Wildman–Crippen MR) is 34.4 cm³/mol. The van der Waals surface area contributed by atoms with E-state index < -0.39 is 7.75 Å². The fraction of sp³-hybridized carbons (Fsp3) is 0.250. The molecule has 0 unspecified atom stereocenters. The second-order valence-corrected chi connectivity index (χ2v) is 3.29. The number of aryl methyl sites for hydroxylation is 1. The van der Waals surface area contributed by atoms with Crippen molar-refractivity contribution < 1.29 is 14.4 Å². The van der Waals surface area contributed by atoms with Crippen molar-refractivity contribution in [3.8, 4) is 0 Å². The Morgan fingerprint density at radius 2 is 2.30 bits per heavy atom. The van der Waals surface area contributed by atoms with Crippen molar-refractivity contribution >= 4 is 7.75 Å².